The number of carboxylic acid groups (broad SMARTS) is 1. The van der Waals surface area contributed by atoms with Gasteiger partial charge in [0.05, 0.1) is 5.37 Å². The average molecular weight is 312 g/mol. The standard InChI is InChI=1S/C14H14ClNO3S/c1-9-16(12(8-20-9)14(18)19)13(17)7-4-10-2-5-11(15)6-3-10/h2-7,9,12H,8H2,1H3,(H,18,19). The van der Waals surface area contributed by atoms with Gasteiger partial charge in [-0.25, -0.2) is 4.79 Å². The van der Waals surface area contributed by atoms with Crippen LogP contribution in [0.5, 0.6) is 0 Å². The Bertz CT molecular complexity index is 544. The fourth-order valence-electron chi connectivity index (χ4n) is 1.99. The average Bonchev–Trinajstić information content (AvgIpc) is 2.80. The molecule has 2 atom stereocenters. The second kappa shape index (κ2) is 6.33. The van der Waals surface area contributed by atoms with Gasteiger partial charge in [0.2, 0.25) is 5.91 Å². The Labute approximate surface area is 126 Å². The minimum atomic E-state index is -0.963. The van der Waals surface area contributed by atoms with Crippen molar-refractivity contribution < 1.29 is 14.7 Å². The fourth-order valence-corrected chi connectivity index (χ4v) is 3.30. The summed E-state index contributed by atoms with van der Waals surface area (Å²) in [6.45, 7) is 1.83. The summed E-state index contributed by atoms with van der Waals surface area (Å²) in [6, 6.07) is 6.31. The lowest BCUT2D eigenvalue weighted by Crippen LogP contribution is -2.43. The van der Waals surface area contributed by atoms with Gasteiger partial charge in [-0.1, -0.05) is 23.7 Å². The minimum Gasteiger partial charge on any atom is -0.480 e. The van der Waals surface area contributed by atoms with Crippen LogP contribution in [0.1, 0.15) is 12.5 Å². The third kappa shape index (κ3) is 3.35. The summed E-state index contributed by atoms with van der Waals surface area (Å²) in [6.07, 6.45) is 3.06. The Balaban J connectivity index is 2.10. The smallest absolute Gasteiger partial charge is 0.327 e. The molecule has 1 aliphatic heterocycles. The van der Waals surface area contributed by atoms with Gasteiger partial charge in [0, 0.05) is 16.9 Å². The first-order chi connectivity index (χ1) is 9.49. The van der Waals surface area contributed by atoms with E-state index >= 15 is 0 Å². The summed E-state index contributed by atoms with van der Waals surface area (Å²) < 4.78 is 0. The van der Waals surface area contributed by atoms with Gasteiger partial charge in [0.25, 0.3) is 0 Å². The van der Waals surface area contributed by atoms with E-state index < -0.39 is 12.0 Å². The van der Waals surface area contributed by atoms with Gasteiger partial charge in [-0.05, 0) is 30.7 Å². The van der Waals surface area contributed by atoms with E-state index in [1.165, 1.54) is 22.7 Å². The molecule has 4 nitrogen and oxygen atoms in total. The Kier molecular flexibility index (Phi) is 4.73. The fraction of sp³-hybridized carbons (Fsp3) is 0.286. The summed E-state index contributed by atoms with van der Waals surface area (Å²) in [5, 5.41) is 9.62. The molecule has 0 spiro atoms. The maximum atomic E-state index is 12.1. The van der Waals surface area contributed by atoms with E-state index in [0.717, 1.165) is 5.56 Å². The minimum absolute atomic E-state index is 0.126. The van der Waals surface area contributed by atoms with Gasteiger partial charge >= 0.3 is 5.97 Å². The molecule has 20 heavy (non-hydrogen) atoms. The molecule has 0 radical (unpaired) electrons. The lowest BCUT2D eigenvalue weighted by atomic mass is 10.2. The van der Waals surface area contributed by atoms with Crippen LogP contribution >= 0.6 is 23.4 Å². The van der Waals surface area contributed by atoms with Crippen molar-refractivity contribution in [2.45, 2.75) is 18.3 Å². The zero-order valence-corrected chi connectivity index (χ0v) is 12.4. The van der Waals surface area contributed by atoms with Crippen molar-refractivity contribution in [3.63, 3.8) is 0 Å². The van der Waals surface area contributed by atoms with Crippen LogP contribution in [0.2, 0.25) is 5.02 Å². The summed E-state index contributed by atoms with van der Waals surface area (Å²) in [5.41, 5.74) is 0.842. The first-order valence-electron chi connectivity index (χ1n) is 6.09. The van der Waals surface area contributed by atoms with Crippen molar-refractivity contribution in [1.82, 2.24) is 4.90 Å². The van der Waals surface area contributed by atoms with E-state index in [0.29, 0.717) is 10.8 Å². The quantitative estimate of drug-likeness (QED) is 0.872. The molecule has 1 heterocycles. The molecule has 0 saturated carbocycles. The molecule has 0 aliphatic carbocycles. The van der Waals surface area contributed by atoms with E-state index in [9.17, 15) is 9.59 Å². The molecule has 1 saturated heterocycles. The van der Waals surface area contributed by atoms with Crippen LogP contribution in [-0.4, -0.2) is 39.1 Å². The monoisotopic (exact) mass is 311 g/mol. The van der Waals surface area contributed by atoms with E-state index in [4.69, 9.17) is 16.7 Å². The number of rotatable bonds is 3. The SMILES string of the molecule is CC1SCC(C(=O)O)N1C(=O)C=Cc1ccc(Cl)cc1. The highest BCUT2D eigenvalue weighted by molar-refractivity contribution is 8.00. The lowest BCUT2D eigenvalue weighted by Gasteiger charge is -2.23. The van der Waals surface area contributed by atoms with Crippen LogP contribution in [-0.2, 0) is 9.59 Å². The van der Waals surface area contributed by atoms with E-state index in [1.54, 1.807) is 30.3 Å². The Morgan fingerprint density at radius 3 is 2.65 bits per heavy atom. The normalized spacial score (nSPS) is 22.4. The first kappa shape index (κ1) is 14.9. The van der Waals surface area contributed by atoms with Crippen LogP contribution in [0.15, 0.2) is 30.3 Å². The summed E-state index contributed by atoms with van der Waals surface area (Å²) in [5.74, 6) is -0.822. The second-order valence-electron chi connectivity index (χ2n) is 4.42. The van der Waals surface area contributed by atoms with Crippen molar-refractivity contribution in [2.75, 3.05) is 5.75 Å². The number of carbonyl (C=O) groups is 2. The predicted octanol–water partition coefficient (Wildman–Crippen LogP) is 2.73. The molecule has 0 aromatic heterocycles. The Morgan fingerprint density at radius 1 is 1.40 bits per heavy atom. The highest BCUT2D eigenvalue weighted by atomic mass is 35.5. The number of hydrogen-bond acceptors (Lipinski definition) is 3. The predicted molar refractivity (Wildman–Crippen MR) is 80.7 cm³/mol. The lowest BCUT2D eigenvalue weighted by molar-refractivity contribution is -0.147. The number of aliphatic carboxylic acids is 1. The highest BCUT2D eigenvalue weighted by Crippen LogP contribution is 2.29. The van der Waals surface area contributed by atoms with Crippen molar-refractivity contribution in [1.29, 1.82) is 0 Å². The van der Waals surface area contributed by atoms with Gasteiger partial charge in [0.1, 0.15) is 6.04 Å². The molecule has 2 rings (SSSR count). The second-order valence-corrected chi connectivity index (χ2v) is 6.20. The van der Waals surface area contributed by atoms with Gasteiger partial charge in [-0.15, -0.1) is 11.8 Å². The maximum Gasteiger partial charge on any atom is 0.327 e. The zero-order chi connectivity index (χ0) is 14.7. The molecule has 1 aromatic carbocycles. The van der Waals surface area contributed by atoms with Gasteiger partial charge < -0.3 is 10.0 Å². The Hall–Kier alpha value is -1.46. The number of thioether (sulfide) groups is 1. The number of carbonyl (C=O) groups excluding carboxylic acids is 1. The molecule has 1 fully saturated rings. The van der Waals surface area contributed by atoms with E-state index in [-0.39, 0.29) is 11.3 Å². The number of halogens is 1. The largest absolute Gasteiger partial charge is 0.480 e. The van der Waals surface area contributed by atoms with Gasteiger partial charge in [-0.2, -0.15) is 0 Å². The molecule has 1 aromatic rings. The third-order valence-electron chi connectivity index (χ3n) is 3.05. The third-order valence-corrected chi connectivity index (χ3v) is 4.52. The number of benzene rings is 1. The highest BCUT2D eigenvalue weighted by Gasteiger charge is 2.38. The molecule has 1 N–H and O–H groups in total. The van der Waals surface area contributed by atoms with E-state index in [2.05, 4.69) is 0 Å². The Morgan fingerprint density at radius 2 is 2.05 bits per heavy atom. The van der Waals surface area contributed by atoms with Crippen molar-refractivity contribution >= 4 is 41.3 Å². The topological polar surface area (TPSA) is 57.6 Å². The molecule has 106 valence electrons. The summed E-state index contributed by atoms with van der Waals surface area (Å²) in [7, 11) is 0. The summed E-state index contributed by atoms with van der Waals surface area (Å²) in [4.78, 5) is 24.7. The number of nitrogens with zero attached hydrogens (tertiary/aromatic N) is 1. The molecular formula is C14H14ClNO3S. The van der Waals surface area contributed by atoms with E-state index in [1.807, 2.05) is 6.92 Å². The molecule has 1 aliphatic rings. The van der Waals surface area contributed by atoms with Crippen LogP contribution in [0.3, 0.4) is 0 Å². The molecule has 0 bridgehead atoms. The first-order valence-corrected chi connectivity index (χ1v) is 7.52. The molecule has 6 heteroatoms. The van der Waals surface area contributed by atoms with Crippen LogP contribution in [0, 0.1) is 0 Å². The number of amides is 1. The van der Waals surface area contributed by atoms with Crippen LogP contribution in [0.4, 0.5) is 0 Å². The maximum absolute atomic E-state index is 12.1. The van der Waals surface area contributed by atoms with Crippen molar-refractivity contribution in [2.24, 2.45) is 0 Å². The van der Waals surface area contributed by atoms with Gasteiger partial charge in [-0.3, -0.25) is 4.79 Å². The molecule has 1 amide bonds. The number of carboxylic acids is 1. The van der Waals surface area contributed by atoms with Crippen LogP contribution in [0.25, 0.3) is 6.08 Å². The number of hydrogen-bond donors (Lipinski definition) is 1. The summed E-state index contributed by atoms with van der Waals surface area (Å²) >= 11 is 7.25. The van der Waals surface area contributed by atoms with Gasteiger partial charge in [0.15, 0.2) is 0 Å². The van der Waals surface area contributed by atoms with Crippen molar-refractivity contribution in [3.05, 3.63) is 40.9 Å². The molecule has 2 unspecified atom stereocenters. The van der Waals surface area contributed by atoms with Crippen molar-refractivity contribution in [3.8, 4) is 0 Å². The molecular weight excluding hydrogens is 298 g/mol. The van der Waals surface area contributed by atoms with Crippen LogP contribution < -0.4 is 0 Å². The zero-order valence-electron chi connectivity index (χ0n) is 10.8.